The second-order valence-corrected chi connectivity index (χ2v) is 12.0. The first kappa shape index (κ1) is 33.5. The van der Waals surface area contributed by atoms with Crippen molar-refractivity contribution in [3.8, 4) is 22.8 Å². The number of benzene rings is 2. The molecule has 1 atom stereocenters. The molecule has 1 aromatic heterocycles. The van der Waals surface area contributed by atoms with Gasteiger partial charge >= 0.3 is 6.09 Å². The van der Waals surface area contributed by atoms with Crippen LogP contribution in [0.2, 0.25) is 0 Å². The van der Waals surface area contributed by atoms with E-state index in [9.17, 15) is 19.1 Å². The number of Topliss-reactive ketones (excluding diaryl/α,β-unsaturated/α-hetero) is 1. The molecular formula is C33H41FN2O7. The SMILES string of the molecule is COc1ccc(C(=O)CCC(C)(O)c2cc(C(C)(C)NC(=O)OC(C)(C)C)cc(-c3ccc(F)cc3)n2)cc1OCCO. The monoisotopic (exact) mass is 596 g/mol. The number of hydrogen-bond acceptors (Lipinski definition) is 8. The molecule has 0 aliphatic rings. The summed E-state index contributed by atoms with van der Waals surface area (Å²) in [5.74, 6) is 0.112. The number of ketones is 1. The van der Waals surface area contributed by atoms with Crippen molar-refractivity contribution in [2.75, 3.05) is 20.3 Å². The van der Waals surface area contributed by atoms with Crippen LogP contribution in [0.15, 0.2) is 54.6 Å². The minimum Gasteiger partial charge on any atom is -0.493 e. The van der Waals surface area contributed by atoms with Crippen molar-refractivity contribution in [2.24, 2.45) is 0 Å². The second kappa shape index (κ2) is 13.5. The first-order valence-electron chi connectivity index (χ1n) is 14.0. The summed E-state index contributed by atoms with van der Waals surface area (Å²) in [7, 11) is 1.48. The number of aliphatic hydroxyl groups excluding tert-OH is 1. The van der Waals surface area contributed by atoms with Crippen LogP contribution in [0.25, 0.3) is 11.3 Å². The van der Waals surface area contributed by atoms with Crippen LogP contribution in [-0.2, 0) is 15.9 Å². The van der Waals surface area contributed by atoms with Crippen molar-refractivity contribution in [3.63, 3.8) is 0 Å². The van der Waals surface area contributed by atoms with Crippen molar-refractivity contribution in [1.82, 2.24) is 10.3 Å². The molecule has 10 heteroatoms. The summed E-state index contributed by atoms with van der Waals surface area (Å²) in [5.41, 5.74) is -0.875. The highest BCUT2D eigenvalue weighted by atomic mass is 19.1. The van der Waals surface area contributed by atoms with E-state index < -0.39 is 28.7 Å². The molecule has 43 heavy (non-hydrogen) atoms. The van der Waals surface area contributed by atoms with Gasteiger partial charge < -0.3 is 29.7 Å². The fraction of sp³-hybridized carbons (Fsp3) is 0.424. The van der Waals surface area contributed by atoms with Gasteiger partial charge in [0.2, 0.25) is 0 Å². The first-order valence-corrected chi connectivity index (χ1v) is 14.0. The lowest BCUT2D eigenvalue weighted by Gasteiger charge is -2.31. The summed E-state index contributed by atoms with van der Waals surface area (Å²) in [6.45, 7) is 10.3. The molecule has 232 valence electrons. The number of carbonyl (C=O) groups is 2. The quantitative estimate of drug-likeness (QED) is 0.221. The largest absolute Gasteiger partial charge is 0.493 e. The van der Waals surface area contributed by atoms with Crippen LogP contribution < -0.4 is 14.8 Å². The van der Waals surface area contributed by atoms with E-state index in [4.69, 9.17) is 24.3 Å². The third kappa shape index (κ3) is 9.23. The van der Waals surface area contributed by atoms with Gasteiger partial charge in [-0.25, -0.2) is 14.2 Å². The highest BCUT2D eigenvalue weighted by Gasteiger charge is 2.32. The van der Waals surface area contributed by atoms with Crippen LogP contribution in [0.4, 0.5) is 9.18 Å². The number of carbonyl (C=O) groups excluding carboxylic acids is 2. The second-order valence-electron chi connectivity index (χ2n) is 12.0. The minimum atomic E-state index is -1.55. The van der Waals surface area contributed by atoms with Gasteiger partial charge in [-0.1, -0.05) is 0 Å². The van der Waals surface area contributed by atoms with Crippen LogP contribution in [0.1, 0.15) is 76.0 Å². The molecule has 0 saturated heterocycles. The number of nitrogens with zero attached hydrogens (tertiary/aromatic N) is 1. The minimum absolute atomic E-state index is 0.0177. The van der Waals surface area contributed by atoms with Crippen LogP contribution in [0, 0.1) is 5.82 Å². The number of ether oxygens (including phenoxy) is 3. The Bertz CT molecular complexity index is 1430. The maximum Gasteiger partial charge on any atom is 0.408 e. The molecule has 3 N–H and O–H groups in total. The van der Waals surface area contributed by atoms with Gasteiger partial charge in [0.05, 0.1) is 30.6 Å². The number of hydrogen-bond donors (Lipinski definition) is 3. The fourth-order valence-corrected chi connectivity index (χ4v) is 4.31. The van der Waals surface area contributed by atoms with Gasteiger partial charge in [-0.05, 0) is 108 Å². The predicted molar refractivity (Wildman–Crippen MR) is 161 cm³/mol. The lowest BCUT2D eigenvalue weighted by molar-refractivity contribution is 0.0394. The maximum absolute atomic E-state index is 13.7. The summed E-state index contributed by atoms with van der Waals surface area (Å²) in [6.07, 6.45) is -0.599. The van der Waals surface area contributed by atoms with E-state index in [1.807, 2.05) is 0 Å². The smallest absolute Gasteiger partial charge is 0.408 e. The van der Waals surface area contributed by atoms with Gasteiger partial charge in [-0.2, -0.15) is 0 Å². The molecule has 0 fully saturated rings. The number of nitrogens with one attached hydrogen (secondary N) is 1. The summed E-state index contributed by atoms with van der Waals surface area (Å²) in [5, 5.41) is 23.6. The van der Waals surface area contributed by atoms with Crippen molar-refractivity contribution >= 4 is 11.9 Å². The molecule has 3 rings (SSSR count). The van der Waals surface area contributed by atoms with Gasteiger partial charge in [0.25, 0.3) is 0 Å². The fourth-order valence-electron chi connectivity index (χ4n) is 4.31. The summed E-state index contributed by atoms with van der Waals surface area (Å²) in [4.78, 5) is 30.5. The molecule has 9 nitrogen and oxygen atoms in total. The number of rotatable bonds is 12. The van der Waals surface area contributed by atoms with Gasteiger partial charge in [0, 0.05) is 17.5 Å². The molecule has 0 saturated carbocycles. The van der Waals surface area contributed by atoms with E-state index in [0.717, 1.165) is 0 Å². The third-order valence-corrected chi connectivity index (χ3v) is 6.73. The average Bonchev–Trinajstić information content (AvgIpc) is 2.93. The van der Waals surface area contributed by atoms with Crippen molar-refractivity contribution in [1.29, 1.82) is 0 Å². The Morgan fingerprint density at radius 3 is 2.23 bits per heavy atom. The van der Waals surface area contributed by atoms with Gasteiger partial charge in [-0.15, -0.1) is 0 Å². The molecule has 0 aliphatic carbocycles. The molecule has 1 amide bonds. The molecule has 0 aliphatic heterocycles. The lowest BCUT2D eigenvalue weighted by atomic mass is 9.87. The molecule has 3 aromatic rings. The Hall–Kier alpha value is -4.02. The van der Waals surface area contributed by atoms with Crippen LogP contribution in [-0.4, -0.2) is 53.0 Å². The Kier molecular flexibility index (Phi) is 10.5. The molecular weight excluding hydrogens is 555 g/mol. The zero-order valence-electron chi connectivity index (χ0n) is 25.8. The number of aliphatic hydroxyl groups is 2. The Morgan fingerprint density at radius 1 is 0.953 bits per heavy atom. The topological polar surface area (TPSA) is 127 Å². The summed E-state index contributed by atoms with van der Waals surface area (Å²) < 4.78 is 29.9. The molecule has 1 unspecified atom stereocenters. The number of halogens is 1. The number of alkyl carbamates (subject to hydrolysis) is 1. The van der Waals surface area contributed by atoms with Gasteiger partial charge in [0.1, 0.15) is 23.6 Å². The molecule has 2 aromatic carbocycles. The zero-order valence-corrected chi connectivity index (χ0v) is 25.8. The number of aromatic nitrogens is 1. The van der Waals surface area contributed by atoms with Crippen LogP contribution in [0.3, 0.4) is 0 Å². The molecule has 0 spiro atoms. The predicted octanol–water partition coefficient (Wildman–Crippen LogP) is 5.90. The van der Waals surface area contributed by atoms with E-state index in [1.54, 1.807) is 84.0 Å². The highest BCUT2D eigenvalue weighted by molar-refractivity contribution is 5.96. The average molecular weight is 597 g/mol. The summed E-state index contributed by atoms with van der Waals surface area (Å²) in [6, 6.07) is 14.0. The third-order valence-electron chi connectivity index (χ3n) is 6.73. The standard InChI is InChI=1S/C33H41FN2O7/c1-31(2,3)43-30(39)36-32(4,5)23-19-25(21-8-11-24(34)12-9-21)35-29(20-23)33(6,40)15-14-26(38)22-10-13-27(41-7)28(18-22)42-17-16-37/h8-13,18-20,37,40H,14-17H2,1-7H3,(H,36,39). The number of pyridine rings is 1. The van der Waals surface area contributed by atoms with E-state index in [0.29, 0.717) is 33.9 Å². The normalized spacial score (nSPS) is 13.2. The Morgan fingerprint density at radius 2 is 1.63 bits per heavy atom. The van der Waals surface area contributed by atoms with E-state index in [1.165, 1.54) is 19.2 Å². The number of amides is 1. The van der Waals surface area contributed by atoms with Crippen molar-refractivity contribution < 1.29 is 38.4 Å². The Labute approximate surface area is 252 Å². The van der Waals surface area contributed by atoms with E-state index >= 15 is 0 Å². The lowest BCUT2D eigenvalue weighted by Crippen LogP contribution is -2.44. The molecule has 0 radical (unpaired) electrons. The van der Waals surface area contributed by atoms with Gasteiger partial charge in [0.15, 0.2) is 17.3 Å². The van der Waals surface area contributed by atoms with Crippen molar-refractivity contribution in [2.45, 2.75) is 71.1 Å². The van der Waals surface area contributed by atoms with E-state index in [-0.39, 0.29) is 37.5 Å². The van der Waals surface area contributed by atoms with Crippen LogP contribution >= 0.6 is 0 Å². The Balaban J connectivity index is 1.93. The van der Waals surface area contributed by atoms with Crippen LogP contribution in [0.5, 0.6) is 11.5 Å². The maximum atomic E-state index is 13.7. The number of methoxy groups -OCH3 is 1. The van der Waals surface area contributed by atoms with Crippen molar-refractivity contribution in [3.05, 3.63) is 77.2 Å². The highest BCUT2D eigenvalue weighted by Crippen LogP contribution is 2.34. The molecule has 0 bridgehead atoms. The van der Waals surface area contributed by atoms with E-state index in [2.05, 4.69) is 5.32 Å². The molecule has 1 heterocycles. The summed E-state index contributed by atoms with van der Waals surface area (Å²) >= 11 is 0. The van der Waals surface area contributed by atoms with Gasteiger partial charge in [-0.3, -0.25) is 4.79 Å². The first-order chi connectivity index (χ1) is 20.0. The zero-order chi connectivity index (χ0) is 32.0.